The van der Waals surface area contributed by atoms with Gasteiger partial charge >= 0.3 is 5.97 Å². The molecule has 0 radical (unpaired) electrons. The van der Waals surface area contributed by atoms with Crippen molar-refractivity contribution in [2.45, 2.75) is 33.4 Å². The molecule has 0 aliphatic carbocycles. The highest BCUT2D eigenvalue weighted by Crippen LogP contribution is 2.31. The molecule has 0 amide bonds. The summed E-state index contributed by atoms with van der Waals surface area (Å²) in [6.45, 7) is 5.44. The Bertz CT molecular complexity index is 1240. The summed E-state index contributed by atoms with van der Waals surface area (Å²) >= 11 is 0. The second-order valence-corrected chi connectivity index (χ2v) is 7.94. The summed E-state index contributed by atoms with van der Waals surface area (Å²) in [5.41, 5.74) is 5.33. The van der Waals surface area contributed by atoms with Crippen LogP contribution >= 0.6 is 0 Å². The lowest BCUT2D eigenvalue weighted by Gasteiger charge is -2.12. The number of ether oxygens (including phenoxy) is 3. The van der Waals surface area contributed by atoms with Gasteiger partial charge in [0.05, 0.1) is 20.1 Å². The second-order valence-electron chi connectivity index (χ2n) is 7.94. The molecule has 0 fully saturated rings. The lowest BCUT2D eigenvalue weighted by Crippen LogP contribution is -2.09. The molecular weight excluding hydrogens is 414 g/mol. The zero-order valence-electron chi connectivity index (χ0n) is 19.3. The SMILES string of the molecule is CCOC(=O)Cc1c(C)n(Cc2cccc(OCc3ccccc3)c2)c2ccc(OC)cc12. The first-order valence-corrected chi connectivity index (χ1v) is 11.2. The van der Waals surface area contributed by atoms with E-state index in [1.807, 2.05) is 55.5 Å². The van der Waals surface area contributed by atoms with Gasteiger partial charge in [-0.15, -0.1) is 0 Å². The van der Waals surface area contributed by atoms with E-state index in [1.54, 1.807) is 7.11 Å². The molecular formula is C28H29NO4. The first-order valence-electron chi connectivity index (χ1n) is 11.2. The van der Waals surface area contributed by atoms with Crippen molar-refractivity contribution in [3.8, 4) is 11.5 Å². The lowest BCUT2D eigenvalue weighted by atomic mass is 10.1. The topological polar surface area (TPSA) is 49.7 Å². The van der Waals surface area contributed by atoms with Gasteiger partial charge in [0.2, 0.25) is 0 Å². The molecule has 1 aromatic heterocycles. The number of benzene rings is 3. The molecule has 0 spiro atoms. The van der Waals surface area contributed by atoms with Gasteiger partial charge in [0, 0.05) is 23.1 Å². The molecule has 170 valence electrons. The molecule has 4 aromatic rings. The Kier molecular flexibility index (Phi) is 6.98. The van der Waals surface area contributed by atoms with Crippen molar-refractivity contribution in [2.24, 2.45) is 0 Å². The van der Waals surface area contributed by atoms with Gasteiger partial charge in [-0.1, -0.05) is 42.5 Å². The number of nitrogens with zero attached hydrogens (tertiary/aromatic N) is 1. The molecule has 3 aromatic carbocycles. The van der Waals surface area contributed by atoms with Crippen LogP contribution in [-0.4, -0.2) is 24.3 Å². The van der Waals surface area contributed by atoms with Gasteiger partial charge in [0.1, 0.15) is 18.1 Å². The minimum Gasteiger partial charge on any atom is -0.497 e. The molecule has 0 saturated carbocycles. The van der Waals surface area contributed by atoms with Gasteiger partial charge in [0.15, 0.2) is 0 Å². The van der Waals surface area contributed by atoms with Crippen molar-refractivity contribution in [2.75, 3.05) is 13.7 Å². The Balaban J connectivity index is 1.63. The molecule has 1 heterocycles. The van der Waals surface area contributed by atoms with Crippen molar-refractivity contribution < 1.29 is 19.0 Å². The van der Waals surface area contributed by atoms with Crippen molar-refractivity contribution in [3.63, 3.8) is 0 Å². The number of aromatic nitrogens is 1. The normalized spacial score (nSPS) is 10.9. The predicted molar refractivity (Wildman–Crippen MR) is 130 cm³/mol. The Morgan fingerprint density at radius 2 is 1.70 bits per heavy atom. The first kappa shape index (κ1) is 22.5. The average Bonchev–Trinajstić information content (AvgIpc) is 3.09. The quantitative estimate of drug-likeness (QED) is 0.312. The van der Waals surface area contributed by atoms with Crippen LogP contribution in [0.4, 0.5) is 0 Å². The van der Waals surface area contributed by atoms with Crippen LogP contribution in [0.2, 0.25) is 0 Å². The smallest absolute Gasteiger partial charge is 0.310 e. The van der Waals surface area contributed by atoms with Crippen molar-refractivity contribution in [3.05, 3.63) is 95.2 Å². The number of esters is 1. The number of carbonyl (C=O) groups excluding carboxylic acids is 1. The Hall–Kier alpha value is -3.73. The first-order chi connectivity index (χ1) is 16.1. The molecule has 0 bridgehead atoms. The van der Waals surface area contributed by atoms with Gasteiger partial charge in [-0.25, -0.2) is 0 Å². The van der Waals surface area contributed by atoms with Crippen LogP contribution in [0.15, 0.2) is 72.8 Å². The van der Waals surface area contributed by atoms with E-state index in [4.69, 9.17) is 14.2 Å². The number of fused-ring (bicyclic) bond motifs is 1. The third-order valence-corrected chi connectivity index (χ3v) is 5.78. The fraction of sp³-hybridized carbons (Fsp3) is 0.250. The third kappa shape index (κ3) is 5.20. The van der Waals surface area contributed by atoms with E-state index in [0.717, 1.165) is 44.8 Å². The lowest BCUT2D eigenvalue weighted by molar-refractivity contribution is -0.142. The summed E-state index contributed by atoms with van der Waals surface area (Å²) < 4.78 is 18.9. The monoisotopic (exact) mass is 443 g/mol. The van der Waals surface area contributed by atoms with Crippen LogP contribution in [0.1, 0.15) is 29.3 Å². The van der Waals surface area contributed by atoms with Crippen LogP contribution in [0.5, 0.6) is 11.5 Å². The molecule has 5 heteroatoms. The standard InChI is InChI=1S/C28H29NO4/c1-4-32-28(30)17-25-20(2)29(27-14-13-23(31-3)16-26(25)27)18-22-11-8-12-24(15-22)33-19-21-9-6-5-7-10-21/h5-16H,4,17-19H2,1-3H3. The molecule has 0 aliphatic rings. The van der Waals surface area contributed by atoms with Gasteiger partial charge in [0.25, 0.3) is 0 Å². The van der Waals surface area contributed by atoms with E-state index in [1.165, 1.54) is 0 Å². The van der Waals surface area contributed by atoms with Crippen LogP contribution < -0.4 is 9.47 Å². The second kappa shape index (κ2) is 10.3. The Morgan fingerprint density at radius 3 is 2.45 bits per heavy atom. The summed E-state index contributed by atoms with van der Waals surface area (Å²) in [5.74, 6) is 1.37. The summed E-state index contributed by atoms with van der Waals surface area (Å²) in [5, 5.41) is 1.01. The van der Waals surface area contributed by atoms with Crippen LogP contribution in [0, 0.1) is 6.92 Å². The van der Waals surface area contributed by atoms with Gasteiger partial charge in [-0.2, -0.15) is 0 Å². The van der Waals surface area contributed by atoms with Crippen LogP contribution in [0.3, 0.4) is 0 Å². The zero-order valence-corrected chi connectivity index (χ0v) is 19.3. The molecule has 0 saturated heterocycles. The molecule has 4 rings (SSSR count). The summed E-state index contributed by atoms with van der Waals surface area (Å²) in [6, 6.07) is 24.3. The number of hydrogen-bond donors (Lipinski definition) is 0. The van der Waals surface area contributed by atoms with Crippen molar-refractivity contribution in [1.29, 1.82) is 0 Å². The molecule has 0 aliphatic heterocycles. The molecule has 0 N–H and O–H groups in total. The van der Waals surface area contributed by atoms with Crippen LogP contribution in [0.25, 0.3) is 10.9 Å². The summed E-state index contributed by atoms with van der Waals surface area (Å²) in [6.07, 6.45) is 0.233. The van der Waals surface area contributed by atoms with Crippen molar-refractivity contribution in [1.82, 2.24) is 4.57 Å². The predicted octanol–water partition coefficient (Wildman–Crippen LogP) is 5.69. The van der Waals surface area contributed by atoms with Gasteiger partial charge in [-0.05, 0) is 60.9 Å². The van der Waals surface area contributed by atoms with E-state index in [-0.39, 0.29) is 12.4 Å². The van der Waals surface area contributed by atoms with Crippen molar-refractivity contribution >= 4 is 16.9 Å². The average molecular weight is 444 g/mol. The minimum atomic E-state index is -0.223. The summed E-state index contributed by atoms with van der Waals surface area (Å²) in [7, 11) is 1.65. The molecule has 0 unspecified atom stereocenters. The van der Waals surface area contributed by atoms with E-state index in [2.05, 4.69) is 35.8 Å². The maximum absolute atomic E-state index is 12.3. The Morgan fingerprint density at radius 1 is 0.909 bits per heavy atom. The van der Waals surface area contributed by atoms with E-state index < -0.39 is 0 Å². The fourth-order valence-electron chi connectivity index (χ4n) is 4.10. The zero-order chi connectivity index (χ0) is 23.2. The maximum Gasteiger partial charge on any atom is 0.310 e. The maximum atomic E-state index is 12.3. The van der Waals surface area contributed by atoms with E-state index >= 15 is 0 Å². The number of carbonyl (C=O) groups is 1. The molecule has 5 nitrogen and oxygen atoms in total. The number of hydrogen-bond acceptors (Lipinski definition) is 4. The third-order valence-electron chi connectivity index (χ3n) is 5.78. The fourth-order valence-corrected chi connectivity index (χ4v) is 4.10. The van der Waals surface area contributed by atoms with E-state index in [0.29, 0.717) is 19.8 Å². The Labute approximate surface area is 194 Å². The molecule has 0 atom stereocenters. The van der Waals surface area contributed by atoms with E-state index in [9.17, 15) is 4.79 Å². The van der Waals surface area contributed by atoms with Crippen LogP contribution in [-0.2, 0) is 29.1 Å². The van der Waals surface area contributed by atoms with Gasteiger partial charge in [-0.3, -0.25) is 4.79 Å². The number of rotatable bonds is 9. The number of methoxy groups -OCH3 is 1. The van der Waals surface area contributed by atoms with Gasteiger partial charge < -0.3 is 18.8 Å². The summed E-state index contributed by atoms with van der Waals surface area (Å²) in [4.78, 5) is 12.3. The highest BCUT2D eigenvalue weighted by molar-refractivity contribution is 5.90. The minimum absolute atomic E-state index is 0.223. The highest BCUT2D eigenvalue weighted by Gasteiger charge is 2.18. The largest absolute Gasteiger partial charge is 0.497 e. The highest BCUT2D eigenvalue weighted by atomic mass is 16.5. The molecule has 33 heavy (non-hydrogen) atoms.